The lowest BCUT2D eigenvalue weighted by Gasteiger charge is -2.10. The van der Waals surface area contributed by atoms with Crippen LogP contribution in [0.1, 0.15) is 15.9 Å². The van der Waals surface area contributed by atoms with Gasteiger partial charge in [0.05, 0.1) is 11.0 Å². The number of H-pyrrole nitrogens is 1. The predicted octanol–water partition coefficient (Wildman–Crippen LogP) is 5.46. The van der Waals surface area contributed by atoms with E-state index >= 15 is 0 Å². The van der Waals surface area contributed by atoms with Crippen LogP contribution in [0.15, 0.2) is 60.7 Å². The first kappa shape index (κ1) is 20.0. The van der Waals surface area contributed by atoms with E-state index in [9.17, 15) is 9.18 Å². The third-order valence-electron chi connectivity index (χ3n) is 4.49. The third-order valence-corrected chi connectivity index (χ3v) is 5.10. The smallest absolute Gasteiger partial charge is 0.257 e. The third kappa shape index (κ3) is 4.32. The summed E-state index contributed by atoms with van der Waals surface area (Å²) in [6.45, 7) is 1.94. The van der Waals surface area contributed by atoms with Crippen molar-refractivity contribution in [3.8, 4) is 11.4 Å². The Hall–Kier alpha value is -3.29. The number of aromatic nitrogens is 2. The Morgan fingerprint density at radius 1 is 1.13 bits per heavy atom. The zero-order valence-electron chi connectivity index (χ0n) is 15.8. The Balaban J connectivity index is 1.50. The molecule has 3 N–H and O–H groups in total. The van der Waals surface area contributed by atoms with E-state index in [2.05, 4.69) is 20.6 Å². The molecule has 0 aliphatic heterocycles. The van der Waals surface area contributed by atoms with Gasteiger partial charge in [0.2, 0.25) is 0 Å². The molecule has 0 radical (unpaired) electrons. The Morgan fingerprint density at radius 3 is 2.67 bits per heavy atom. The molecule has 30 heavy (non-hydrogen) atoms. The van der Waals surface area contributed by atoms with Gasteiger partial charge < -0.3 is 10.3 Å². The van der Waals surface area contributed by atoms with Crippen molar-refractivity contribution >= 4 is 51.6 Å². The van der Waals surface area contributed by atoms with Crippen LogP contribution in [-0.2, 0) is 0 Å². The fourth-order valence-electron chi connectivity index (χ4n) is 2.96. The maximum absolute atomic E-state index is 13.0. The minimum atomic E-state index is -0.423. The number of imidazole rings is 1. The molecule has 0 saturated carbocycles. The summed E-state index contributed by atoms with van der Waals surface area (Å²) >= 11 is 11.4. The van der Waals surface area contributed by atoms with Gasteiger partial charge in [-0.2, -0.15) is 0 Å². The summed E-state index contributed by atoms with van der Waals surface area (Å²) in [6, 6.07) is 16.5. The van der Waals surface area contributed by atoms with Gasteiger partial charge in [-0.15, -0.1) is 0 Å². The van der Waals surface area contributed by atoms with Crippen LogP contribution < -0.4 is 10.6 Å². The first-order chi connectivity index (χ1) is 14.4. The highest BCUT2D eigenvalue weighted by Gasteiger charge is 2.10. The second kappa shape index (κ2) is 8.22. The standard InChI is InChI=1S/C22H16ClFN4OS/c1-12-9-18-19(11-17(12)23)27-20(26-18)14-3-2-4-16(10-14)25-22(30)28-21(29)13-5-7-15(24)8-6-13/h2-11H,1H3,(H,26,27)(H2,25,28,29,30). The number of halogens is 2. The fraction of sp³-hybridized carbons (Fsp3) is 0.0455. The topological polar surface area (TPSA) is 69.8 Å². The van der Waals surface area contributed by atoms with E-state index in [1.54, 1.807) is 0 Å². The van der Waals surface area contributed by atoms with E-state index in [0.29, 0.717) is 22.1 Å². The number of nitrogens with one attached hydrogen (secondary N) is 3. The van der Waals surface area contributed by atoms with Gasteiger partial charge in [0.15, 0.2) is 5.11 Å². The molecule has 8 heteroatoms. The summed E-state index contributed by atoms with van der Waals surface area (Å²) in [4.78, 5) is 20.1. The molecular formula is C22H16ClFN4OS. The van der Waals surface area contributed by atoms with Crippen LogP contribution in [0.2, 0.25) is 5.02 Å². The number of aryl methyl sites for hydroxylation is 1. The average Bonchev–Trinajstić information content (AvgIpc) is 3.11. The van der Waals surface area contributed by atoms with E-state index in [1.807, 2.05) is 43.3 Å². The highest BCUT2D eigenvalue weighted by atomic mass is 35.5. The molecule has 0 spiro atoms. The molecule has 0 fully saturated rings. The Morgan fingerprint density at radius 2 is 1.90 bits per heavy atom. The van der Waals surface area contributed by atoms with E-state index < -0.39 is 11.7 Å². The summed E-state index contributed by atoms with van der Waals surface area (Å²) < 4.78 is 13.0. The zero-order chi connectivity index (χ0) is 21.3. The molecule has 150 valence electrons. The number of benzene rings is 3. The lowest BCUT2D eigenvalue weighted by atomic mass is 10.2. The highest BCUT2D eigenvalue weighted by Crippen LogP contribution is 2.26. The normalized spacial score (nSPS) is 10.8. The summed E-state index contributed by atoms with van der Waals surface area (Å²) in [5.41, 5.74) is 4.49. The number of anilines is 1. The van der Waals surface area contributed by atoms with Crippen LogP contribution in [0.3, 0.4) is 0 Å². The number of hydrogen-bond donors (Lipinski definition) is 3. The number of thiocarbonyl (C=S) groups is 1. The monoisotopic (exact) mass is 438 g/mol. The van der Waals surface area contributed by atoms with E-state index in [0.717, 1.165) is 22.2 Å². The van der Waals surface area contributed by atoms with E-state index in [1.165, 1.54) is 24.3 Å². The number of carbonyl (C=O) groups excluding carboxylic acids is 1. The molecule has 4 rings (SSSR count). The van der Waals surface area contributed by atoms with Gasteiger partial charge in [0.25, 0.3) is 5.91 Å². The van der Waals surface area contributed by atoms with Crippen LogP contribution in [-0.4, -0.2) is 21.0 Å². The molecule has 0 aliphatic rings. The molecule has 3 aromatic carbocycles. The summed E-state index contributed by atoms with van der Waals surface area (Å²) in [5.74, 6) is -0.142. The van der Waals surface area contributed by atoms with E-state index in [-0.39, 0.29) is 5.11 Å². The second-order valence-electron chi connectivity index (χ2n) is 6.70. The molecule has 1 aromatic heterocycles. The maximum atomic E-state index is 13.0. The molecule has 0 bridgehead atoms. The van der Waals surface area contributed by atoms with Gasteiger partial charge in [0, 0.05) is 21.8 Å². The minimum Gasteiger partial charge on any atom is -0.338 e. The fourth-order valence-corrected chi connectivity index (χ4v) is 3.33. The molecular weight excluding hydrogens is 423 g/mol. The van der Waals surface area contributed by atoms with Crippen LogP contribution in [0.5, 0.6) is 0 Å². The first-order valence-electron chi connectivity index (χ1n) is 9.03. The maximum Gasteiger partial charge on any atom is 0.257 e. The first-order valence-corrected chi connectivity index (χ1v) is 9.82. The minimum absolute atomic E-state index is 0.133. The number of nitrogens with zero attached hydrogens (tertiary/aromatic N) is 1. The van der Waals surface area contributed by atoms with Crippen molar-refractivity contribution in [3.05, 3.63) is 82.6 Å². The lowest BCUT2D eigenvalue weighted by molar-refractivity contribution is 0.0977. The Labute approximate surface area is 182 Å². The van der Waals surface area contributed by atoms with Gasteiger partial charge >= 0.3 is 0 Å². The van der Waals surface area contributed by atoms with E-state index in [4.69, 9.17) is 23.8 Å². The molecule has 4 aromatic rings. The zero-order valence-corrected chi connectivity index (χ0v) is 17.4. The Kier molecular flexibility index (Phi) is 5.48. The Bertz CT molecular complexity index is 1230. The highest BCUT2D eigenvalue weighted by molar-refractivity contribution is 7.80. The van der Waals surface area contributed by atoms with Gasteiger partial charge in [0.1, 0.15) is 11.6 Å². The van der Waals surface area contributed by atoms with Gasteiger partial charge in [-0.3, -0.25) is 10.1 Å². The number of fused-ring (bicyclic) bond motifs is 1. The SMILES string of the molecule is Cc1cc2[nH]c(-c3cccc(NC(=S)NC(=O)c4ccc(F)cc4)c3)nc2cc1Cl. The van der Waals surface area contributed by atoms with Gasteiger partial charge in [-0.1, -0.05) is 23.7 Å². The molecule has 1 heterocycles. The molecule has 0 atom stereocenters. The van der Waals surface area contributed by atoms with Gasteiger partial charge in [-0.05, 0) is 73.2 Å². The lowest BCUT2D eigenvalue weighted by Crippen LogP contribution is -2.34. The number of amides is 1. The van der Waals surface area contributed by atoms with Crippen molar-refractivity contribution < 1.29 is 9.18 Å². The van der Waals surface area contributed by atoms with Crippen molar-refractivity contribution in [3.63, 3.8) is 0 Å². The quantitative estimate of drug-likeness (QED) is 0.371. The van der Waals surface area contributed by atoms with Crippen molar-refractivity contribution in [2.75, 3.05) is 5.32 Å². The number of aromatic amines is 1. The molecule has 1 amide bonds. The van der Waals surface area contributed by atoms with Crippen molar-refractivity contribution in [1.82, 2.24) is 15.3 Å². The van der Waals surface area contributed by atoms with Crippen LogP contribution >= 0.6 is 23.8 Å². The van der Waals surface area contributed by atoms with Crippen LogP contribution in [0.4, 0.5) is 10.1 Å². The van der Waals surface area contributed by atoms with Crippen molar-refractivity contribution in [2.45, 2.75) is 6.92 Å². The second-order valence-corrected chi connectivity index (χ2v) is 7.52. The molecule has 5 nitrogen and oxygen atoms in total. The predicted molar refractivity (Wildman–Crippen MR) is 121 cm³/mol. The molecule has 0 aliphatic carbocycles. The average molecular weight is 439 g/mol. The van der Waals surface area contributed by atoms with Crippen LogP contribution in [0, 0.1) is 12.7 Å². The molecule has 0 unspecified atom stereocenters. The largest absolute Gasteiger partial charge is 0.338 e. The molecule has 0 saturated heterocycles. The van der Waals surface area contributed by atoms with Crippen molar-refractivity contribution in [1.29, 1.82) is 0 Å². The number of rotatable bonds is 3. The number of hydrogen-bond acceptors (Lipinski definition) is 3. The summed E-state index contributed by atoms with van der Waals surface area (Å²) in [6.07, 6.45) is 0. The van der Waals surface area contributed by atoms with Crippen LogP contribution in [0.25, 0.3) is 22.4 Å². The summed E-state index contributed by atoms with van der Waals surface area (Å²) in [5, 5.41) is 6.35. The summed E-state index contributed by atoms with van der Waals surface area (Å²) in [7, 11) is 0. The van der Waals surface area contributed by atoms with Gasteiger partial charge in [-0.25, -0.2) is 9.37 Å². The number of carbonyl (C=O) groups is 1. The van der Waals surface area contributed by atoms with Crippen molar-refractivity contribution in [2.24, 2.45) is 0 Å².